The number of aliphatic carboxylic acids is 1. The molecule has 0 heterocycles. The fraction of sp³-hybridized carbons (Fsp3) is 0.556. The first kappa shape index (κ1) is 61.1. The van der Waals surface area contributed by atoms with Gasteiger partial charge in [-0.05, 0) is 109 Å². The molecule has 0 rings (SSSR count). The Bertz CT molecular complexity index is 1540. The fourth-order valence-corrected chi connectivity index (χ4v) is 6.53. The first-order valence-electron chi connectivity index (χ1n) is 24.2. The number of esters is 1. The van der Waals surface area contributed by atoms with Gasteiger partial charge in [-0.15, -0.1) is 0 Å². The number of phosphoric acid groups is 1. The molecule has 0 radical (unpaired) electrons. The molecule has 0 amide bonds. The van der Waals surface area contributed by atoms with E-state index < -0.39 is 45.1 Å². The van der Waals surface area contributed by atoms with Gasteiger partial charge in [0.15, 0.2) is 0 Å². The SMILES string of the molecule is CC/C=C\C/C=C\C/C=C\C/C=C\C/C=C\C/C=C\CCCCC(=O)OC(COCCCCCCCC/C=C\C/C=C\C/C=C\C/C=C\C/C=C\CC)COP(=O)(O)OCC(N)C(=O)O. The van der Waals surface area contributed by atoms with E-state index in [9.17, 15) is 19.0 Å². The maximum absolute atomic E-state index is 12.7. The zero-order chi connectivity index (χ0) is 47.6. The highest BCUT2D eigenvalue weighted by atomic mass is 31.2. The molecule has 4 N–H and O–H groups in total. The summed E-state index contributed by atoms with van der Waals surface area (Å²) in [5.74, 6) is -1.84. The van der Waals surface area contributed by atoms with Crippen molar-refractivity contribution < 1.29 is 42.7 Å². The van der Waals surface area contributed by atoms with Crippen LogP contribution in [0.1, 0.15) is 155 Å². The molecule has 3 atom stereocenters. The molecule has 0 saturated carbocycles. The summed E-state index contributed by atoms with van der Waals surface area (Å²) in [7, 11) is -4.65. The standard InChI is InChI=1S/C54H86NO9P/c1-3-5-7-9-11-13-15-17-19-21-23-25-27-29-31-33-35-37-39-41-43-45-47-61-48-51(49-62-65(59,60)63-50-52(55)54(57)58)64-53(56)46-44-42-40-38-36-34-32-30-28-26-24-22-20-18-16-14-12-10-8-6-4-2/h5-8,11-14,17-20,23-26,29-32,36,38,51-52H,3-4,9-10,15-16,21-22,27-28,33-35,37,39-50,55H2,1-2H3,(H,57,58)(H,59,60)/b7-5-,8-6-,13-11-,14-12-,19-17-,20-18-,25-23-,26-24-,31-29-,32-30-,38-36-. The van der Waals surface area contributed by atoms with E-state index in [0.717, 1.165) is 122 Å². The third-order valence-electron chi connectivity index (χ3n) is 9.43. The summed E-state index contributed by atoms with van der Waals surface area (Å²) in [6.45, 7) is 3.53. The maximum Gasteiger partial charge on any atom is 0.472 e. The van der Waals surface area contributed by atoms with Gasteiger partial charge in [0, 0.05) is 13.0 Å². The minimum atomic E-state index is -4.65. The van der Waals surface area contributed by atoms with E-state index in [0.29, 0.717) is 13.0 Å². The first-order chi connectivity index (χ1) is 31.7. The van der Waals surface area contributed by atoms with Crippen molar-refractivity contribution in [1.29, 1.82) is 0 Å². The van der Waals surface area contributed by atoms with E-state index in [2.05, 4.69) is 148 Å². The number of carboxylic acids is 1. The number of allylic oxidation sites excluding steroid dienone is 22. The smallest absolute Gasteiger partial charge is 0.472 e. The average Bonchev–Trinajstić information content (AvgIpc) is 3.29. The van der Waals surface area contributed by atoms with E-state index >= 15 is 0 Å². The molecule has 65 heavy (non-hydrogen) atoms. The highest BCUT2D eigenvalue weighted by Crippen LogP contribution is 2.43. The summed E-state index contributed by atoms with van der Waals surface area (Å²) in [6, 6.07) is -1.49. The van der Waals surface area contributed by atoms with Crippen LogP contribution in [0.15, 0.2) is 134 Å². The van der Waals surface area contributed by atoms with E-state index in [4.69, 9.17) is 29.4 Å². The van der Waals surface area contributed by atoms with Crippen LogP contribution in [0.5, 0.6) is 0 Å². The highest BCUT2D eigenvalue weighted by molar-refractivity contribution is 7.47. The third kappa shape index (κ3) is 47.9. The molecular weight excluding hydrogens is 838 g/mol. The van der Waals surface area contributed by atoms with Gasteiger partial charge >= 0.3 is 19.8 Å². The lowest BCUT2D eigenvalue weighted by atomic mass is 10.1. The van der Waals surface area contributed by atoms with E-state index in [1.807, 2.05) is 0 Å². The van der Waals surface area contributed by atoms with Crippen LogP contribution in [-0.2, 0) is 32.7 Å². The van der Waals surface area contributed by atoms with Crippen molar-refractivity contribution in [3.05, 3.63) is 134 Å². The molecule has 0 bridgehead atoms. The second kappa shape index (κ2) is 48.1. The second-order valence-electron chi connectivity index (χ2n) is 15.5. The monoisotopic (exact) mass is 924 g/mol. The van der Waals surface area contributed by atoms with Crippen LogP contribution < -0.4 is 5.73 Å². The molecule has 3 unspecified atom stereocenters. The van der Waals surface area contributed by atoms with Crippen LogP contribution in [0.3, 0.4) is 0 Å². The van der Waals surface area contributed by atoms with Crippen LogP contribution in [0, 0.1) is 0 Å². The summed E-state index contributed by atoms with van der Waals surface area (Å²) in [5.41, 5.74) is 5.36. The van der Waals surface area contributed by atoms with E-state index in [1.165, 1.54) is 6.42 Å². The Morgan fingerprint density at radius 3 is 1.26 bits per heavy atom. The van der Waals surface area contributed by atoms with Gasteiger partial charge in [-0.2, -0.15) is 0 Å². The van der Waals surface area contributed by atoms with Crippen molar-refractivity contribution in [1.82, 2.24) is 0 Å². The number of hydrogen-bond acceptors (Lipinski definition) is 8. The van der Waals surface area contributed by atoms with Crippen LogP contribution in [0.25, 0.3) is 0 Å². The number of nitrogens with two attached hydrogens (primary N) is 1. The summed E-state index contributed by atoms with van der Waals surface area (Å²) < 4.78 is 33.4. The third-order valence-corrected chi connectivity index (χ3v) is 10.4. The number of ether oxygens (including phenoxy) is 2. The predicted octanol–water partition coefficient (Wildman–Crippen LogP) is 14.2. The lowest BCUT2D eigenvalue weighted by Crippen LogP contribution is -2.34. The Morgan fingerprint density at radius 1 is 0.492 bits per heavy atom. The van der Waals surface area contributed by atoms with Crippen molar-refractivity contribution in [2.75, 3.05) is 26.4 Å². The van der Waals surface area contributed by atoms with Crippen molar-refractivity contribution in [3.63, 3.8) is 0 Å². The molecule has 10 nitrogen and oxygen atoms in total. The molecule has 0 aliphatic carbocycles. The van der Waals surface area contributed by atoms with Crippen LogP contribution in [-0.4, -0.2) is 60.5 Å². The zero-order valence-electron chi connectivity index (χ0n) is 40.0. The summed E-state index contributed by atoms with van der Waals surface area (Å²) in [5, 5.41) is 8.92. The van der Waals surface area contributed by atoms with Gasteiger partial charge in [-0.25, -0.2) is 4.57 Å². The van der Waals surface area contributed by atoms with Gasteiger partial charge in [-0.3, -0.25) is 18.6 Å². The lowest BCUT2D eigenvalue weighted by Gasteiger charge is -2.20. The van der Waals surface area contributed by atoms with E-state index in [1.54, 1.807) is 0 Å². The molecule has 0 aromatic rings. The lowest BCUT2D eigenvalue weighted by molar-refractivity contribution is -0.154. The van der Waals surface area contributed by atoms with Gasteiger partial charge in [0.1, 0.15) is 12.1 Å². The fourth-order valence-electron chi connectivity index (χ4n) is 5.75. The Morgan fingerprint density at radius 2 is 0.846 bits per heavy atom. The largest absolute Gasteiger partial charge is 0.480 e. The quantitative estimate of drug-likeness (QED) is 0.0233. The number of carbonyl (C=O) groups is 2. The number of phosphoric ester groups is 1. The number of rotatable bonds is 44. The zero-order valence-corrected chi connectivity index (χ0v) is 40.9. The second-order valence-corrected chi connectivity index (χ2v) is 16.9. The van der Waals surface area contributed by atoms with Crippen molar-refractivity contribution in [2.45, 2.75) is 167 Å². The van der Waals surface area contributed by atoms with Crippen LogP contribution in [0.4, 0.5) is 0 Å². The minimum absolute atomic E-state index is 0.0217. The molecule has 11 heteroatoms. The molecule has 0 aliphatic heterocycles. The van der Waals surface area contributed by atoms with Crippen molar-refractivity contribution in [2.24, 2.45) is 5.73 Å². The topological polar surface area (TPSA) is 155 Å². The Labute approximate surface area is 394 Å². The Hall–Kier alpha value is -3.89. The van der Waals surface area contributed by atoms with Gasteiger partial charge < -0.3 is 25.2 Å². The molecule has 0 aromatic heterocycles. The van der Waals surface area contributed by atoms with Gasteiger partial charge in [0.05, 0.1) is 19.8 Å². The van der Waals surface area contributed by atoms with Gasteiger partial charge in [0.25, 0.3) is 0 Å². The van der Waals surface area contributed by atoms with Gasteiger partial charge in [-0.1, -0.05) is 173 Å². The normalized spacial score (nSPS) is 14.9. The number of carboxylic acid groups (broad SMARTS) is 1. The Kier molecular flexibility index (Phi) is 45.2. The summed E-state index contributed by atoms with van der Waals surface area (Å²) >= 11 is 0. The molecule has 366 valence electrons. The molecule has 0 spiro atoms. The maximum atomic E-state index is 12.7. The van der Waals surface area contributed by atoms with Crippen molar-refractivity contribution >= 4 is 19.8 Å². The first-order valence-corrected chi connectivity index (χ1v) is 25.7. The highest BCUT2D eigenvalue weighted by Gasteiger charge is 2.27. The minimum Gasteiger partial charge on any atom is -0.480 e. The molecule has 0 aromatic carbocycles. The molecule has 0 aliphatic rings. The average molecular weight is 924 g/mol. The number of hydrogen-bond donors (Lipinski definition) is 3. The number of unbranched alkanes of at least 4 members (excludes halogenated alkanes) is 8. The Balaban J connectivity index is 4.34. The summed E-state index contributed by atoms with van der Waals surface area (Å²) in [4.78, 5) is 33.7. The van der Waals surface area contributed by atoms with E-state index in [-0.39, 0.29) is 13.0 Å². The molecule has 0 saturated heterocycles. The molecular formula is C54H86NO9P. The number of carbonyl (C=O) groups excluding carboxylic acids is 1. The predicted molar refractivity (Wildman–Crippen MR) is 272 cm³/mol. The van der Waals surface area contributed by atoms with Crippen LogP contribution in [0.2, 0.25) is 0 Å². The van der Waals surface area contributed by atoms with Crippen LogP contribution >= 0.6 is 7.82 Å². The van der Waals surface area contributed by atoms with Gasteiger partial charge in [0.2, 0.25) is 0 Å². The van der Waals surface area contributed by atoms with Crippen molar-refractivity contribution in [3.8, 4) is 0 Å². The molecule has 0 fully saturated rings. The summed E-state index contributed by atoms with van der Waals surface area (Å²) in [6.07, 6.45) is 67.9.